The Hall–Kier alpha value is -3.41. The Bertz CT molecular complexity index is 1420. The highest BCUT2D eigenvalue weighted by atomic mass is 16.6. The maximum Gasteiger partial charge on any atom is 0.306 e. The zero-order valence-electron chi connectivity index (χ0n) is 48.8. The first-order valence-electron chi connectivity index (χ1n) is 31.6. The second-order valence-electron chi connectivity index (χ2n) is 21.0. The molecule has 0 radical (unpaired) electrons. The second kappa shape index (κ2) is 62.1. The molecule has 0 aromatic heterocycles. The Morgan fingerprint density at radius 2 is 0.527 bits per heavy atom. The van der Waals surface area contributed by atoms with E-state index in [1.165, 1.54) is 161 Å². The van der Waals surface area contributed by atoms with Gasteiger partial charge in [0.1, 0.15) is 13.2 Å². The molecule has 0 aliphatic carbocycles. The monoisotopic (exact) mass is 1030 g/mol. The molecule has 0 aromatic rings. The molecule has 74 heavy (non-hydrogen) atoms. The van der Waals surface area contributed by atoms with Gasteiger partial charge in [0.25, 0.3) is 0 Å². The zero-order chi connectivity index (χ0) is 53.6. The molecule has 0 aliphatic heterocycles. The molecule has 0 aromatic carbocycles. The van der Waals surface area contributed by atoms with E-state index in [9.17, 15) is 14.4 Å². The molecule has 0 aliphatic rings. The van der Waals surface area contributed by atoms with Crippen LogP contribution in [0.25, 0.3) is 0 Å². The van der Waals surface area contributed by atoms with Crippen LogP contribution in [-0.2, 0) is 28.6 Å². The highest BCUT2D eigenvalue weighted by Crippen LogP contribution is 2.17. The van der Waals surface area contributed by atoms with E-state index in [0.29, 0.717) is 19.3 Å². The molecule has 1 unspecified atom stereocenters. The van der Waals surface area contributed by atoms with Crippen LogP contribution in [0.2, 0.25) is 0 Å². The summed E-state index contributed by atoms with van der Waals surface area (Å²) in [7, 11) is 0. The molecule has 0 saturated carbocycles. The Kier molecular flexibility index (Phi) is 59.3. The Morgan fingerprint density at radius 1 is 0.284 bits per heavy atom. The maximum atomic E-state index is 12.9. The van der Waals surface area contributed by atoms with Crippen molar-refractivity contribution in [1.29, 1.82) is 0 Å². The van der Waals surface area contributed by atoms with Gasteiger partial charge < -0.3 is 14.2 Å². The summed E-state index contributed by atoms with van der Waals surface area (Å²) in [6, 6.07) is 0. The van der Waals surface area contributed by atoms with Crippen LogP contribution in [0.4, 0.5) is 0 Å². The quantitative estimate of drug-likeness (QED) is 0.0261. The Morgan fingerprint density at radius 3 is 0.824 bits per heavy atom. The van der Waals surface area contributed by atoms with Crippen molar-refractivity contribution in [3.05, 3.63) is 85.1 Å². The van der Waals surface area contributed by atoms with E-state index in [2.05, 4.69) is 106 Å². The number of allylic oxidation sites excluding steroid dienone is 14. The molecule has 0 amide bonds. The van der Waals surface area contributed by atoms with Crippen LogP contribution in [0, 0.1) is 0 Å². The standard InChI is InChI=1S/C68H118O6/c1-4-7-10-13-16-19-22-25-28-30-31-32-33-34-35-36-37-38-41-43-46-49-52-55-58-61-67(70)73-64-65(63-72-66(69)60-57-54-51-48-45-42-39-27-24-21-18-15-12-9-6-3)74-68(71)62-59-56-53-50-47-44-40-29-26-23-20-17-14-11-8-5-2/h7,10,16,19,25,28,31-32,34-35,37-38,43,46,65H,4-6,8-9,11-15,17-18,20-24,26-27,29-30,33,36,39-42,44-45,47-64H2,1-3H3/b10-7-,19-16-,28-25-,32-31-,35-34-,38-37-,46-43-. The average Bonchev–Trinajstić information content (AvgIpc) is 3.40. The number of hydrogen-bond donors (Lipinski definition) is 0. The van der Waals surface area contributed by atoms with Gasteiger partial charge in [-0.2, -0.15) is 0 Å². The molecule has 1 atom stereocenters. The molecular formula is C68H118O6. The van der Waals surface area contributed by atoms with Gasteiger partial charge in [0.15, 0.2) is 6.10 Å². The van der Waals surface area contributed by atoms with Crippen LogP contribution < -0.4 is 0 Å². The lowest BCUT2D eigenvalue weighted by molar-refractivity contribution is -0.167. The summed E-state index contributed by atoms with van der Waals surface area (Å²) in [6.07, 6.45) is 81.5. The highest BCUT2D eigenvalue weighted by Gasteiger charge is 2.19. The molecule has 0 fully saturated rings. The lowest BCUT2D eigenvalue weighted by atomic mass is 10.0. The van der Waals surface area contributed by atoms with E-state index in [-0.39, 0.29) is 31.1 Å². The molecule has 6 nitrogen and oxygen atoms in total. The molecule has 6 heteroatoms. The number of esters is 3. The molecule has 0 saturated heterocycles. The van der Waals surface area contributed by atoms with Crippen molar-refractivity contribution in [3.8, 4) is 0 Å². The Labute approximate surface area is 458 Å². The van der Waals surface area contributed by atoms with Crippen LogP contribution in [0.15, 0.2) is 85.1 Å². The number of unbranched alkanes of at least 4 members (excludes halogenated alkanes) is 32. The van der Waals surface area contributed by atoms with Crippen molar-refractivity contribution in [2.45, 2.75) is 316 Å². The van der Waals surface area contributed by atoms with E-state index < -0.39 is 6.10 Å². The molecule has 0 spiro atoms. The average molecular weight is 1030 g/mol. The fourth-order valence-corrected chi connectivity index (χ4v) is 8.95. The van der Waals surface area contributed by atoms with Crippen LogP contribution >= 0.6 is 0 Å². The molecular weight excluding hydrogens is 913 g/mol. The fraction of sp³-hybridized carbons (Fsp3) is 0.750. The van der Waals surface area contributed by atoms with E-state index in [1.54, 1.807) is 0 Å². The minimum atomic E-state index is -0.788. The van der Waals surface area contributed by atoms with E-state index >= 15 is 0 Å². The lowest BCUT2D eigenvalue weighted by Crippen LogP contribution is -2.30. The number of ether oxygens (including phenoxy) is 3. The van der Waals surface area contributed by atoms with Gasteiger partial charge in [0, 0.05) is 19.3 Å². The summed E-state index contributed by atoms with van der Waals surface area (Å²) in [6.45, 7) is 6.54. The van der Waals surface area contributed by atoms with Crippen LogP contribution in [0.1, 0.15) is 310 Å². The first kappa shape index (κ1) is 70.6. The predicted molar refractivity (Wildman–Crippen MR) is 321 cm³/mol. The van der Waals surface area contributed by atoms with Gasteiger partial charge in [-0.25, -0.2) is 0 Å². The van der Waals surface area contributed by atoms with Gasteiger partial charge >= 0.3 is 17.9 Å². The van der Waals surface area contributed by atoms with Crippen molar-refractivity contribution in [2.24, 2.45) is 0 Å². The minimum Gasteiger partial charge on any atom is -0.462 e. The molecule has 0 heterocycles. The smallest absolute Gasteiger partial charge is 0.306 e. The van der Waals surface area contributed by atoms with Crippen molar-refractivity contribution < 1.29 is 28.6 Å². The normalized spacial score (nSPS) is 12.6. The van der Waals surface area contributed by atoms with Crippen molar-refractivity contribution in [3.63, 3.8) is 0 Å². The predicted octanol–water partition coefficient (Wildman–Crippen LogP) is 21.5. The van der Waals surface area contributed by atoms with Gasteiger partial charge in [-0.1, -0.05) is 298 Å². The first-order chi connectivity index (χ1) is 36.5. The molecule has 0 rings (SSSR count). The van der Waals surface area contributed by atoms with Crippen molar-refractivity contribution >= 4 is 17.9 Å². The highest BCUT2D eigenvalue weighted by molar-refractivity contribution is 5.71. The third-order valence-corrected chi connectivity index (χ3v) is 13.7. The SMILES string of the molecule is CC/C=C\C/C=C\C/C=C\C/C=C\C/C=C\C/C=C\C/C=C\CCCCCC(=O)OCC(COC(=O)CCCCCCCCCCCCCCCCC)OC(=O)CCCCCCCCCCCCCCCCCC. The topological polar surface area (TPSA) is 78.9 Å². The Balaban J connectivity index is 4.40. The molecule has 0 bridgehead atoms. The third kappa shape index (κ3) is 59.5. The van der Waals surface area contributed by atoms with E-state index in [0.717, 1.165) is 109 Å². The molecule has 0 N–H and O–H groups in total. The minimum absolute atomic E-state index is 0.0829. The summed E-state index contributed by atoms with van der Waals surface area (Å²) in [5.41, 5.74) is 0. The summed E-state index contributed by atoms with van der Waals surface area (Å²) < 4.78 is 16.9. The first-order valence-corrected chi connectivity index (χ1v) is 31.6. The fourth-order valence-electron chi connectivity index (χ4n) is 8.95. The number of rotatable bonds is 57. The zero-order valence-corrected chi connectivity index (χ0v) is 48.8. The maximum absolute atomic E-state index is 12.9. The summed E-state index contributed by atoms with van der Waals surface area (Å²) >= 11 is 0. The summed E-state index contributed by atoms with van der Waals surface area (Å²) in [5, 5.41) is 0. The van der Waals surface area contributed by atoms with Gasteiger partial charge in [0.05, 0.1) is 0 Å². The van der Waals surface area contributed by atoms with Crippen molar-refractivity contribution in [2.75, 3.05) is 13.2 Å². The third-order valence-electron chi connectivity index (χ3n) is 13.7. The van der Waals surface area contributed by atoms with E-state index in [4.69, 9.17) is 14.2 Å². The van der Waals surface area contributed by atoms with Crippen LogP contribution in [0.5, 0.6) is 0 Å². The summed E-state index contributed by atoms with van der Waals surface area (Å²) in [5.74, 6) is -0.902. The summed E-state index contributed by atoms with van der Waals surface area (Å²) in [4.78, 5) is 38.3. The number of hydrogen-bond acceptors (Lipinski definition) is 6. The van der Waals surface area contributed by atoms with Gasteiger partial charge in [0.2, 0.25) is 0 Å². The largest absolute Gasteiger partial charge is 0.462 e. The van der Waals surface area contributed by atoms with Crippen LogP contribution in [0.3, 0.4) is 0 Å². The second-order valence-corrected chi connectivity index (χ2v) is 21.0. The molecule has 426 valence electrons. The van der Waals surface area contributed by atoms with E-state index in [1.807, 2.05) is 0 Å². The number of carbonyl (C=O) groups is 3. The number of carbonyl (C=O) groups excluding carboxylic acids is 3. The van der Waals surface area contributed by atoms with Crippen LogP contribution in [-0.4, -0.2) is 37.2 Å². The lowest BCUT2D eigenvalue weighted by Gasteiger charge is -2.18. The van der Waals surface area contributed by atoms with Gasteiger partial charge in [-0.05, 0) is 77.0 Å². The van der Waals surface area contributed by atoms with Crippen molar-refractivity contribution in [1.82, 2.24) is 0 Å². The van der Waals surface area contributed by atoms with Gasteiger partial charge in [-0.3, -0.25) is 14.4 Å². The van der Waals surface area contributed by atoms with Gasteiger partial charge in [-0.15, -0.1) is 0 Å².